The average molecular weight is 452 g/mol. The third-order valence-electron chi connectivity index (χ3n) is 4.43. The maximum absolute atomic E-state index is 13.6. The number of alkyl carbamates (subject to hydrolysis) is 1. The highest BCUT2D eigenvalue weighted by Gasteiger charge is 2.37. The molecule has 4 N–H and O–H groups in total. The minimum absolute atomic E-state index is 0.0171. The summed E-state index contributed by atoms with van der Waals surface area (Å²) >= 11 is 0. The highest BCUT2D eigenvalue weighted by molar-refractivity contribution is 5.92. The standard InChI is InChI=1S/C23H37N3O6/c1-14(2)18(25-22(31)32-23(5,6)7)21(30)26(12-13-27)19(20(29)24-15(3)4)16-8-10-17(28)11-9-16/h8-11,14-15,18-19,27-28H,12-13H2,1-7H3,(H,24,29)(H,25,31). The second-order valence-corrected chi connectivity index (χ2v) is 9.28. The number of aliphatic hydroxyl groups is 1. The molecule has 9 heteroatoms. The SMILES string of the molecule is CC(C)NC(=O)C(c1ccc(O)cc1)N(CCO)C(=O)C(NC(=O)OC(C)(C)C)C(C)C. The van der Waals surface area contributed by atoms with Crippen molar-refractivity contribution in [1.82, 2.24) is 15.5 Å². The van der Waals surface area contributed by atoms with Gasteiger partial charge in [0.2, 0.25) is 11.8 Å². The fourth-order valence-electron chi connectivity index (χ4n) is 3.09. The van der Waals surface area contributed by atoms with Crippen LogP contribution in [0.5, 0.6) is 5.75 Å². The van der Waals surface area contributed by atoms with E-state index in [9.17, 15) is 24.6 Å². The fraction of sp³-hybridized carbons (Fsp3) is 0.609. The van der Waals surface area contributed by atoms with Gasteiger partial charge in [0.15, 0.2) is 0 Å². The van der Waals surface area contributed by atoms with E-state index in [1.165, 1.54) is 17.0 Å². The van der Waals surface area contributed by atoms with E-state index in [0.29, 0.717) is 5.56 Å². The van der Waals surface area contributed by atoms with Crippen molar-refractivity contribution in [3.05, 3.63) is 29.8 Å². The van der Waals surface area contributed by atoms with E-state index < -0.39 is 35.6 Å². The molecule has 0 saturated heterocycles. The van der Waals surface area contributed by atoms with Gasteiger partial charge in [-0.05, 0) is 58.2 Å². The van der Waals surface area contributed by atoms with Gasteiger partial charge in [-0.3, -0.25) is 9.59 Å². The molecule has 9 nitrogen and oxygen atoms in total. The lowest BCUT2D eigenvalue weighted by Crippen LogP contribution is -2.55. The van der Waals surface area contributed by atoms with Crippen molar-refractivity contribution in [2.75, 3.05) is 13.2 Å². The van der Waals surface area contributed by atoms with Crippen molar-refractivity contribution in [2.24, 2.45) is 5.92 Å². The molecule has 0 aliphatic rings. The first-order valence-electron chi connectivity index (χ1n) is 10.8. The molecule has 32 heavy (non-hydrogen) atoms. The monoisotopic (exact) mass is 451 g/mol. The van der Waals surface area contributed by atoms with Gasteiger partial charge < -0.3 is 30.5 Å². The zero-order valence-electron chi connectivity index (χ0n) is 20.0. The number of hydrogen-bond acceptors (Lipinski definition) is 6. The molecule has 2 unspecified atom stereocenters. The first-order valence-corrected chi connectivity index (χ1v) is 10.8. The van der Waals surface area contributed by atoms with Gasteiger partial charge in [-0.2, -0.15) is 0 Å². The van der Waals surface area contributed by atoms with Crippen LogP contribution < -0.4 is 10.6 Å². The number of phenols is 1. The summed E-state index contributed by atoms with van der Waals surface area (Å²) in [5.41, 5.74) is -0.284. The van der Waals surface area contributed by atoms with Crippen LogP contribution in [0.3, 0.4) is 0 Å². The van der Waals surface area contributed by atoms with Crippen molar-refractivity contribution < 1.29 is 29.3 Å². The summed E-state index contributed by atoms with van der Waals surface area (Å²) in [5, 5.41) is 24.7. The van der Waals surface area contributed by atoms with Crippen LogP contribution in [0.4, 0.5) is 4.79 Å². The Morgan fingerprint density at radius 3 is 2.03 bits per heavy atom. The van der Waals surface area contributed by atoms with E-state index in [-0.39, 0.29) is 30.9 Å². The number of nitrogens with zero attached hydrogens (tertiary/aromatic N) is 1. The maximum atomic E-state index is 13.6. The van der Waals surface area contributed by atoms with Crippen molar-refractivity contribution in [3.8, 4) is 5.75 Å². The normalized spacial score (nSPS) is 13.4. The van der Waals surface area contributed by atoms with Gasteiger partial charge in [0.1, 0.15) is 23.4 Å². The smallest absolute Gasteiger partial charge is 0.408 e. The fourth-order valence-corrected chi connectivity index (χ4v) is 3.09. The minimum Gasteiger partial charge on any atom is -0.508 e. The average Bonchev–Trinajstić information content (AvgIpc) is 2.64. The molecule has 0 heterocycles. The van der Waals surface area contributed by atoms with Gasteiger partial charge in [-0.15, -0.1) is 0 Å². The third kappa shape index (κ3) is 8.37. The van der Waals surface area contributed by atoms with Crippen LogP contribution >= 0.6 is 0 Å². The second kappa shape index (κ2) is 11.7. The summed E-state index contributed by atoms with van der Waals surface area (Å²) in [6.07, 6.45) is -0.749. The Bertz CT molecular complexity index is 771. The lowest BCUT2D eigenvalue weighted by Gasteiger charge is -2.35. The Morgan fingerprint density at radius 2 is 1.59 bits per heavy atom. The van der Waals surface area contributed by atoms with Crippen molar-refractivity contribution in [3.63, 3.8) is 0 Å². The molecule has 0 radical (unpaired) electrons. The molecule has 0 aliphatic carbocycles. The molecule has 1 rings (SSSR count). The van der Waals surface area contributed by atoms with Gasteiger partial charge in [-0.25, -0.2) is 4.79 Å². The third-order valence-corrected chi connectivity index (χ3v) is 4.43. The molecule has 2 atom stereocenters. The molecule has 1 aromatic rings. The second-order valence-electron chi connectivity index (χ2n) is 9.28. The largest absolute Gasteiger partial charge is 0.508 e. The molecule has 0 spiro atoms. The molecule has 0 bridgehead atoms. The summed E-state index contributed by atoms with van der Waals surface area (Å²) < 4.78 is 5.29. The first kappa shape index (κ1) is 27.2. The van der Waals surface area contributed by atoms with Crippen LogP contribution in [0.1, 0.15) is 60.1 Å². The van der Waals surface area contributed by atoms with Crippen LogP contribution in [-0.2, 0) is 14.3 Å². The number of hydrogen-bond donors (Lipinski definition) is 4. The Balaban J connectivity index is 3.36. The molecular formula is C23H37N3O6. The number of carbonyl (C=O) groups excluding carboxylic acids is 3. The number of nitrogens with one attached hydrogen (secondary N) is 2. The number of aliphatic hydroxyl groups excluding tert-OH is 1. The number of ether oxygens (including phenoxy) is 1. The van der Waals surface area contributed by atoms with Crippen molar-refractivity contribution >= 4 is 17.9 Å². The predicted molar refractivity (Wildman–Crippen MR) is 121 cm³/mol. The van der Waals surface area contributed by atoms with Gasteiger partial charge in [0.05, 0.1) is 6.61 Å². The van der Waals surface area contributed by atoms with E-state index >= 15 is 0 Å². The predicted octanol–water partition coefficient (Wildman–Crippen LogP) is 2.33. The number of amides is 3. The van der Waals surface area contributed by atoms with E-state index in [1.807, 2.05) is 0 Å². The Kier molecular flexibility index (Phi) is 9.96. The summed E-state index contributed by atoms with van der Waals surface area (Å²) in [6.45, 7) is 11.8. The molecule has 0 fully saturated rings. The van der Waals surface area contributed by atoms with Gasteiger partial charge in [-0.1, -0.05) is 26.0 Å². The molecule has 0 aliphatic heterocycles. The quantitative estimate of drug-likeness (QED) is 0.456. The number of aromatic hydroxyl groups is 1. The molecule has 3 amide bonds. The highest BCUT2D eigenvalue weighted by atomic mass is 16.6. The number of phenolic OH excluding ortho intramolecular Hbond substituents is 1. The zero-order valence-corrected chi connectivity index (χ0v) is 20.0. The van der Waals surface area contributed by atoms with Gasteiger partial charge >= 0.3 is 6.09 Å². The zero-order chi connectivity index (χ0) is 24.6. The van der Waals surface area contributed by atoms with Crippen LogP contribution in [0, 0.1) is 5.92 Å². The molecule has 0 aromatic heterocycles. The van der Waals surface area contributed by atoms with E-state index in [4.69, 9.17) is 4.74 Å². The molecule has 180 valence electrons. The maximum Gasteiger partial charge on any atom is 0.408 e. The summed E-state index contributed by atoms with van der Waals surface area (Å²) in [5.74, 6) is -1.27. The number of benzene rings is 1. The summed E-state index contributed by atoms with van der Waals surface area (Å²) in [7, 11) is 0. The molecule has 1 aromatic carbocycles. The van der Waals surface area contributed by atoms with Crippen LogP contribution in [0.2, 0.25) is 0 Å². The van der Waals surface area contributed by atoms with Gasteiger partial charge in [0, 0.05) is 12.6 Å². The minimum atomic E-state index is -1.07. The number of rotatable bonds is 9. The highest BCUT2D eigenvalue weighted by Crippen LogP contribution is 2.25. The Hall–Kier alpha value is -2.81. The molecule has 0 saturated carbocycles. The van der Waals surface area contributed by atoms with Crippen LogP contribution in [-0.4, -0.2) is 63.9 Å². The molecular weight excluding hydrogens is 414 g/mol. The van der Waals surface area contributed by atoms with Crippen LogP contribution in [0.25, 0.3) is 0 Å². The Labute approximate surface area is 190 Å². The number of carbonyl (C=O) groups is 3. The van der Waals surface area contributed by atoms with Gasteiger partial charge in [0.25, 0.3) is 0 Å². The lowest BCUT2D eigenvalue weighted by atomic mass is 9.98. The lowest BCUT2D eigenvalue weighted by molar-refractivity contribution is -0.144. The Morgan fingerprint density at radius 1 is 1.03 bits per heavy atom. The summed E-state index contributed by atoms with van der Waals surface area (Å²) in [6, 6.07) is 3.69. The van der Waals surface area contributed by atoms with E-state index in [1.54, 1.807) is 60.6 Å². The van der Waals surface area contributed by atoms with E-state index in [0.717, 1.165) is 0 Å². The summed E-state index contributed by atoms with van der Waals surface area (Å²) in [4.78, 5) is 40.3. The van der Waals surface area contributed by atoms with Crippen molar-refractivity contribution in [1.29, 1.82) is 0 Å². The van der Waals surface area contributed by atoms with Crippen molar-refractivity contribution in [2.45, 2.75) is 72.2 Å². The first-order chi connectivity index (χ1) is 14.8. The van der Waals surface area contributed by atoms with E-state index in [2.05, 4.69) is 10.6 Å². The van der Waals surface area contributed by atoms with Crippen LogP contribution in [0.15, 0.2) is 24.3 Å². The topological polar surface area (TPSA) is 128 Å².